The number of nitrogens with one attached hydrogen (secondary N) is 1. The highest BCUT2D eigenvalue weighted by Gasteiger charge is 2.20. The zero-order chi connectivity index (χ0) is 16.3. The molecule has 7 nitrogen and oxygen atoms in total. The Hall–Kier alpha value is -1.93. The highest BCUT2D eigenvalue weighted by atomic mass is 32.1. The fraction of sp³-hybridized carbons (Fsp3) is 0.500. The van der Waals surface area contributed by atoms with Gasteiger partial charge in [-0.25, -0.2) is 0 Å². The van der Waals surface area contributed by atoms with Crippen LogP contribution in [0.2, 0.25) is 0 Å². The Labute approximate surface area is 131 Å². The minimum absolute atomic E-state index is 0.137. The summed E-state index contributed by atoms with van der Waals surface area (Å²) in [5.74, 6) is -1.16. The number of hydrogen-bond donors (Lipinski definition) is 2. The lowest BCUT2D eigenvalue weighted by Crippen LogP contribution is -2.32. The molecule has 0 unspecified atom stereocenters. The molecule has 0 aliphatic heterocycles. The van der Waals surface area contributed by atoms with Crippen LogP contribution in [0.1, 0.15) is 36.3 Å². The number of aromatic hydroxyl groups is 1. The van der Waals surface area contributed by atoms with Crippen molar-refractivity contribution in [2.75, 3.05) is 13.2 Å². The number of fused-ring (bicyclic) bond motifs is 1. The van der Waals surface area contributed by atoms with E-state index in [0.717, 1.165) is 0 Å². The van der Waals surface area contributed by atoms with Crippen LogP contribution in [0.5, 0.6) is 5.88 Å². The number of amides is 1. The molecule has 2 heterocycles. The zero-order valence-electron chi connectivity index (χ0n) is 12.8. The van der Waals surface area contributed by atoms with Gasteiger partial charge in [-0.1, -0.05) is 0 Å². The van der Waals surface area contributed by atoms with Gasteiger partial charge in [-0.05, 0) is 27.2 Å². The minimum Gasteiger partial charge on any atom is -0.492 e. The second-order valence-electron chi connectivity index (χ2n) is 5.14. The standard InChI is InChI=1S/C14H19N3O4S/c1-8(2)21-6-4-5-15-11(18)10-12(19)16-14-17(13(10)20)9(3)7-22-14/h7-8,19H,4-6H2,1-3H3,(H,15,18). The molecule has 0 aliphatic rings. The number of hydrogen-bond acceptors (Lipinski definition) is 6. The summed E-state index contributed by atoms with van der Waals surface area (Å²) in [6.07, 6.45) is 0.761. The van der Waals surface area contributed by atoms with Crippen LogP contribution in [0.15, 0.2) is 10.2 Å². The van der Waals surface area contributed by atoms with E-state index in [1.807, 2.05) is 13.8 Å². The number of aromatic nitrogens is 2. The van der Waals surface area contributed by atoms with Crippen LogP contribution in [-0.4, -0.2) is 39.7 Å². The molecular weight excluding hydrogens is 306 g/mol. The monoisotopic (exact) mass is 325 g/mol. The van der Waals surface area contributed by atoms with E-state index in [4.69, 9.17) is 4.74 Å². The first-order valence-electron chi connectivity index (χ1n) is 7.01. The maximum absolute atomic E-state index is 12.3. The predicted molar refractivity (Wildman–Crippen MR) is 83.8 cm³/mol. The minimum atomic E-state index is -0.625. The van der Waals surface area contributed by atoms with E-state index in [0.29, 0.717) is 30.2 Å². The first kappa shape index (κ1) is 16.4. The molecule has 2 rings (SSSR count). The van der Waals surface area contributed by atoms with Gasteiger partial charge in [0.15, 0.2) is 10.5 Å². The number of aryl methyl sites for hydroxylation is 1. The third-order valence-corrected chi connectivity index (χ3v) is 3.95. The lowest BCUT2D eigenvalue weighted by Gasteiger charge is -2.09. The summed E-state index contributed by atoms with van der Waals surface area (Å²) in [5, 5.41) is 14.2. The van der Waals surface area contributed by atoms with Crippen LogP contribution in [0.4, 0.5) is 0 Å². The van der Waals surface area contributed by atoms with E-state index < -0.39 is 17.3 Å². The maximum Gasteiger partial charge on any atom is 0.275 e. The number of nitrogens with zero attached hydrogens (tertiary/aromatic N) is 2. The Morgan fingerprint density at radius 1 is 1.55 bits per heavy atom. The van der Waals surface area contributed by atoms with Gasteiger partial charge in [0.05, 0.1) is 6.10 Å². The quantitative estimate of drug-likeness (QED) is 0.781. The molecule has 2 aromatic rings. The normalized spacial score (nSPS) is 11.3. The first-order chi connectivity index (χ1) is 10.4. The molecule has 0 radical (unpaired) electrons. The molecule has 0 fully saturated rings. The van der Waals surface area contributed by atoms with Crippen LogP contribution in [0.3, 0.4) is 0 Å². The van der Waals surface area contributed by atoms with E-state index >= 15 is 0 Å². The Bertz CT molecular complexity index is 735. The molecule has 2 aromatic heterocycles. The number of carbonyl (C=O) groups excluding carboxylic acids is 1. The van der Waals surface area contributed by atoms with Gasteiger partial charge < -0.3 is 15.2 Å². The van der Waals surface area contributed by atoms with Crippen molar-refractivity contribution in [3.8, 4) is 5.88 Å². The van der Waals surface area contributed by atoms with Crippen LogP contribution in [0.25, 0.3) is 4.96 Å². The Balaban J connectivity index is 2.11. The fourth-order valence-electron chi connectivity index (χ4n) is 1.95. The summed E-state index contributed by atoms with van der Waals surface area (Å²) in [7, 11) is 0. The number of ether oxygens (including phenoxy) is 1. The second kappa shape index (κ2) is 6.89. The SMILES string of the molecule is Cc1csc2nc(O)c(C(=O)NCCCOC(C)C)c(=O)n12. The first-order valence-corrected chi connectivity index (χ1v) is 7.89. The van der Waals surface area contributed by atoms with Crippen molar-refractivity contribution >= 4 is 22.2 Å². The molecule has 0 bridgehead atoms. The van der Waals surface area contributed by atoms with E-state index in [2.05, 4.69) is 10.3 Å². The van der Waals surface area contributed by atoms with E-state index in [9.17, 15) is 14.7 Å². The van der Waals surface area contributed by atoms with Crippen molar-refractivity contribution in [2.45, 2.75) is 33.3 Å². The van der Waals surface area contributed by atoms with Crippen molar-refractivity contribution in [3.63, 3.8) is 0 Å². The van der Waals surface area contributed by atoms with Gasteiger partial charge in [-0.3, -0.25) is 14.0 Å². The highest BCUT2D eigenvalue weighted by Crippen LogP contribution is 2.17. The lowest BCUT2D eigenvalue weighted by molar-refractivity contribution is 0.0756. The van der Waals surface area contributed by atoms with Gasteiger partial charge in [0.1, 0.15) is 0 Å². The van der Waals surface area contributed by atoms with Gasteiger partial charge >= 0.3 is 0 Å². The molecule has 0 saturated carbocycles. The summed E-state index contributed by atoms with van der Waals surface area (Å²) in [4.78, 5) is 28.7. The summed E-state index contributed by atoms with van der Waals surface area (Å²) in [6, 6.07) is 0. The Morgan fingerprint density at radius 3 is 2.95 bits per heavy atom. The lowest BCUT2D eigenvalue weighted by atomic mass is 10.3. The Kier molecular flexibility index (Phi) is 5.15. The van der Waals surface area contributed by atoms with Crippen LogP contribution < -0.4 is 10.9 Å². The second-order valence-corrected chi connectivity index (χ2v) is 5.98. The molecule has 1 amide bonds. The zero-order valence-corrected chi connectivity index (χ0v) is 13.6. The molecule has 120 valence electrons. The summed E-state index contributed by atoms with van der Waals surface area (Å²) < 4.78 is 6.68. The van der Waals surface area contributed by atoms with Crippen molar-refractivity contribution < 1.29 is 14.6 Å². The number of thiazole rings is 1. The molecule has 0 atom stereocenters. The van der Waals surface area contributed by atoms with E-state index in [1.165, 1.54) is 15.7 Å². The molecule has 22 heavy (non-hydrogen) atoms. The van der Waals surface area contributed by atoms with Gasteiger partial charge in [-0.15, -0.1) is 11.3 Å². The number of rotatable bonds is 6. The topological polar surface area (TPSA) is 92.9 Å². The third-order valence-electron chi connectivity index (χ3n) is 3.01. The largest absolute Gasteiger partial charge is 0.492 e. The predicted octanol–water partition coefficient (Wildman–Crippen LogP) is 1.31. The average Bonchev–Trinajstić information content (AvgIpc) is 2.79. The average molecular weight is 325 g/mol. The molecule has 0 aromatic carbocycles. The van der Waals surface area contributed by atoms with Crippen molar-refractivity contribution in [1.29, 1.82) is 0 Å². The summed E-state index contributed by atoms with van der Waals surface area (Å²) in [6.45, 7) is 6.48. The molecular formula is C14H19N3O4S. The Morgan fingerprint density at radius 2 is 2.27 bits per heavy atom. The molecule has 0 spiro atoms. The van der Waals surface area contributed by atoms with Gasteiger partial charge in [0.25, 0.3) is 11.5 Å². The van der Waals surface area contributed by atoms with Crippen molar-refractivity contribution in [3.05, 3.63) is 27.0 Å². The van der Waals surface area contributed by atoms with E-state index in [-0.39, 0.29) is 11.7 Å². The molecule has 0 aliphatic carbocycles. The van der Waals surface area contributed by atoms with Crippen LogP contribution >= 0.6 is 11.3 Å². The van der Waals surface area contributed by atoms with Gasteiger partial charge in [0.2, 0.25) is 5.88 Å². The third kappa shape index (κ3) is 3.45. The summed E-state index contributed by atoms with van der Waals surface area (Å²) >= 11 is 1.23. The van der Waals surface area contributed by atoms with Gasteiger partial charge in [-0.2, -0.15) is 4.98 Å². The summed E-state index contributed by atoms with van der Waals surface area (Å²) in [5.41, 5.74) is -0.210. The maximum atomic E-state index is 12.3. The highest BCUT2D eigenvalue weighted by molar-refractivity contribution is 7.15. The number of carbonyl (C=O) groups is 1. The fourth-order valence-corrected chi connectivity index (χ4v) is 2.80. The van der Waals surface area contributed by atoms with Crippen molar-refractivity contribution in [1.82, 2.24) is 14.7 Å². The van der Waals surface area contributed by atoms with E-state index in [1.54, 1.807) is 12.3 Å². The van der Waals surface area contributed by atoms with Crippen LogP contribution in [0, 0.1) is 6.92 Å². The van der Waals surface area contributed by atoms with Crippen molar-refractivity contribution in [2.24, 2.45) is 0 Å². The smallest absolute Gasteiger partial charge is 0.275 e. The van der Waals surface area contributed by atoms with Gasteiger partial charge in [0, 0.05) is 24.2 Å². The molecule has 0 saturated heterocycles. The molecule has 2 N–H and O–H groups in total. The van der Waals surface area contributed by atoms with Crippen LogP contribution in [-0.2, 0) is 4.74 Å². The molecule has 8 heteroatoms.